The van der Waals surface area contributed by atoms with Gasteiger partial charge in [-0.1, -0.05) is 24.1 Å². The van der Waals surface area contributed by atoms with E-state index in [2.05, 4.69) is 35.0 Å². The highest BCUT2D eigenvalue weighted by Gasteiger charge is 2.20. The van der Waals surface area contributed by atoms with Gasteiger partial charge in [-0.2, -0.15) is 5.26 Å². The number of anilines is 1. The predicted molar refractivity (Wildman–Crippen MR) is 107 cm³/mol. The fourth-order valence-corrected chi connectivity index (χ4v) is 3.47. The number of pyridine rings is 1. The Balaban J connectivity index is 1.57. The van der Waals surface area contributed by atoms with Crippen LogP contribution < -0.4 is 4.90 Å². The summed E-state index contributed by atoms with van der Waals surface area (Å²) in [6, 6.07) is 5.71. The molecule has 2 unspecified atom stereocenters. The summed E-state index contributed by atoms with van der Waals surface area (Å²) in [5.74, 6) is 7.41. The van der Waals surface area contributed by atoms with Crippen LogP contribution in [-0.4, -0.2) is 15.3 Å². The van der Waals surface area contributed by atoms with Crippen LogP contribution in [0.15, 0.2) is 78.7 Å². The van der Waals surface area contributed by atoms with Gasteiger partial charge in [0.25, 0.3) is 0 Å². The van der Waals surface area contributed by atoms with Crippen molar-refractivity contribution in [3.8, 4) is 17.9 Å². The normalized spacial score (nSPS) is 23.0. The van der Waals surface area contributed by atoms with E-state index in [1.54, 1.807) is 18.3 Å². The molecule has 2 atom stereocenters. The van der Waals surface area contributed by atoms with Crippen LogP contribution in [0.5, 0.6) is 0 Å². The van der Waals surface area contributed by atoms with E-state index in [0.717, 1.165) is 24.2 Å². The van der Waals surface area contributed by atoms with Gasteiger partial charge in [-0.15, -0.1) is 11.6 Å². The largest absolute Gasteiger partial charge is 0.307 e. The van der Waals surface area contributed by atoms with Crippen LogP contribution in [0, 0.1) is 29.1 Å². The first kappa shape index (κ1) is 17.2. The molecule has 0 amide bonds. The minimum Gasteiger partial charge on any atom is -0.307 e. The smallest absolute Gasteiger partial charge is 0.154 e. The van der Waals surface area contributed by atoms with Gasteiger partial charge in [0.15, 0.2) is 5.82 Å². The fourth-order valence-electron chi connectivity index (χ4n) is 3.17. The number of nitrogens with zero attached hydrogens (tertiary/aromatic N) is 4. The molecule has 0 N–H and O–H groups in total. The zero-order chi connectivity index (χ0) is 18.6. The van der Waals surface area contributed by atoms with E-state index in [1.807, 2.05) is 46.6 Å². The molecule has 0 fully saturated rings. The van der Waals surface area contributed by atoms with Crippen LogP contribution in [-0.2, 0) is 0 Å². The van der Waals surface area contributed by atoms with E-state index >= 15 is 0 Å². The maximum atomic E-state index is 9.31. The van der Waals surface area contributed by atoms with Crippen molar-refractivity contribution in [1.29, 1.82) is 5.26 Å². The molecule has 1 aromatic rings. The summed E-state index contributed by atoms with van der Waals surface area (Å²) in [6.45, 7) is 0. The first-order valence-electron chi connectivity index (χ1n) is 8.78. The average molecular weight is 373 g/mol. The Morgan fingerprint density at radius 3 is 3.07 bits per heavy atom. The van der Waals surface area contributed by atoms with Crippen molar-refractivity contribution >= 4 is 17.4 Å². The monoisotopic (exact) mass is 372 g/mol. The maximum Gasteiger partial charge on any atom is 0.154 e. The van der Waals surface area contributed by atoms with Crippen LogP contribution in [0.1, 0.15) is 18.4 Å². The minimum atomic E-state index is 0.168. The molecular formula is C22H17ClN4. The van der Waals surface area contributed by atoms with E-state index in [1.165, 1.54) is 0 Å². The Hall–Kier alpha value is -3.21. The summed E-state index contributed by atoms with van der Waals surface area (Å²) in [7, 11) is 0. The first-order valence-corrected chi connectivity index (χ1v) is 9.22. The molecule has 0 saturated carbocycles. The van der Waals surface area contributed by atoms with Crippen molar-refractivity contribution < 1.29 is 0 Å². The van der Waals surface area contributed by atoms with E-state index in [-0.39, 0.29) is 11.3 Å². The molecule has 3 aliphatic rings. The van der Waals surface area contributed by atoms with Gasteiger partial charge in [-0.3, -0.25) is 0 Å². The van der Waals surface area contributed by atoms with E-state index in [4.69, 9.17) is 11.6 Å². The standard InChI is InChI=1S/C22H17ClN4/c23-19-6-1-4-17(14-19)9-10-20-7-2-8-21-16-26(12-13-27(20)21)22-18(15-24)5-3-11-25-22/h1-5,7-8,11-13,16-17,19H,6,14H2. The third-order valence-electron chi connectivity index (χ3n) is 4.51. The molecule has 4 nitrogen and oxygen atoms in total. The molecule has 0 bridgehead atoms. The van der Waals surface area contributed by atoms with Crippen molar-refractivity contribution in [1.82, 2.24) is 9.88 Å². The quantitative estimate of drug-likeness (QED) is 0.416. The Morgan fingerprint density at radius 1 is 1.30 bits per heavy atom. The highest BCUT2D eigenvalue weighted by molar-refractivity contribution is 6.20. The summed E-state index contributed by atoms with van der Waals surface area (Å²) >= 11 is 6.23. The second-order valence-corrected chi connectivity index (χ2v) is 7.02. The van der Waals surface area contributed by atoms with Crippen LogP contribution in [0.25, 0.3) is 0 Å². The number of aromatic nitrogens is 1. The van der Waals surface area contributed by atoms with Crippen molar-refractivity contribution in [3.63, 3.8) is 0 Å². The molecule has 3 heterocycles. The molecule has 5 heteroatoms. The average Bonchev–Trinajstić information content (AvgIpc) is 2.71. The van der Waals surface area contributed by atoms with Gasteiger partial charge in [0, 0.05) is 36.1 Å². The minimum absolute atomic E-state index is 0.168. The molecule has 0 aromatic carbocycles. The molecule has 27 heavy (non-hydrogen) atoms. The maximum absolute atomic E-state index is 9.31. The van der Waals surface area contributed by atoms with Crippen molar-refractivity contribution in [3.05, 3.63) is 84.3 Å². The number of allylic oxidation sites excluding steroid dienone is 6. The summed E-state index contributed by atoms with van der Waals surface area (Å²) in [5.41, 5.74) is 2.40. The molecule has 0 radical (unpaired) electrons. The summed E-state index contributed by atoms with van der Waals surface area (Å²) in [5, 5.41) is 9.48. The Bertz CT molecular complexity index is 997. The third-order valence-corrected chi connectivity index (χ3v) is 4.87. The van der Waals surface area contributed by atoms with E-state index in [0.29, 0.717) is 11.4 Å². The highest BCUT2D eigenvalue weighted by Crippen LogP contribution is 2.28. The molecule has 0 saturated heterocycles. The molecular weight excluding hydrogens is 356 g/mol. The van der Waals surface area contributed by atoms with Gasteiger partial charge in [0.1, 0.15) is 6.07 Å². The van der Waals surface area contributed by atoms with Gasteiger partial charge in [-0.25, -0.2) is 4.98 Å². The number of fused-ring (bicyclic) bond motifs is 1. The second-order valence-electron chi connectivity index (χ2n) is 6.40. The van der Waals surface area contributed by atoms with Gasteiger partial charge in [0.2, 0.25) is 0 Å². The lowest BCUT2D eigenvalue weighted by atomic mass is 9.96. The lowest BCUT2D eigenvalue weighted by Crippen LogP contribution is -2.25. The van der Waals surface area contributed by atoms with Crippen molar-refractivity contribution in [2.75, 3.05) is 4.90 Å². The van der Waals surface area contributed by atoms with Gasteiger partial charge >= 0.3 is 0 Å². The molecule has 2 aliphatic heterocycles. The Morgan fingerprint density at radius 2 is 2.22 bits per heavy atom. The first-order chi connectivity index (χ1) is 13.2. The molecule has 0 spiro atoms. The number of alkyl halides is 1. The van der Waals surface area contributed by atoms with Gasteiger partial charge < -0.3 is 9.80 Å². The molecule has 4 rings (SSSR count). The Labute approximate surface area is 164 Å². The zero-order valence-electron chi connectivity index (χ0n) is 14.6. The third kappa shape index (κ3) is 3.67. The fraction of sp³-hybridized carbons (Fsp3) is 0.182. The molecule has 1 aromatic heterocycles. The van der Waals surface area contributed by atoms with Crippen LogP contribution in [0.4, 0.5) is 5.82 Å². The summed E-state index contributed by atoms with van der Waals surface area (Å²) in [4.78, 5) is 8.22. The van der Waals surface area contributed by atoms with E-state index < -0.39 is 0 Å². The van der Waals surface area contributed by atoms with E-state index in [9.17, 15) is 5.26 Å². The van der Waals surface area contributed by atoms with Gasteiger partial charge in [-0.05, 0) is 43.0 Å². The zero-order valence-corrected chi connectivity index (χ0v) is 15.3. The lowest BCUT2D eigenvalue weighted by molar-refractivity contribution is 0.596. The van der Waals surface area contributed by atoms with Crippen LogP contribution in [0.2, 0.25) is 0 Å². The van der Waals surface area contributed by atoms with Crippen LogP contribution in [0.3, 0.4) is 0 Å². The van der Waals surface area contributed by atoms with Gasteiger partial charge in [0.05, 0.1) is 17.0 Å². The molecule has 1 aliphatic carbocycles. The Kier molecular flexibility index (Phi) is 4.83. The summed E-state index contributed by atoms with van der Waals surface area (Å²) in [6.07, 6.45) is 19.5. The van der Waals surface area contributed by atoms with Crippen LogP contribution >= 0.6 is 11.6 Å². The molecule has 132 valence electrons. The lowest BCUT2D eigenvalue weighted by Gasteiger charge is -2.30. The summed E-state index contributed by atoms with van der Waals surface area (Å²) < 4.78 is 0. The number of hydrogen-bond acceptors (Lipinski definition) is 4. The highest BCUT2D eigenvalue weighted by atomic mass is 35.5. The number of hydrogen-bond donors (Lipinski definition) is 0. The SMILES string of the molecule is N#Cc1cccnc1N1C=CN2C(C#CC3C=CCC(Cl)C3)=CC=CC2=C1. The number of nitriles is 1. The topological polar surface area (TPSA) is 43.2 Å². The van der Waals surface area contributed by atoms with Crippen molar-refractivity contribution in [2.45, 2.75) is 18.2 Å². The number of halogens is 1. The second kappa shape index (κ2) is 7.58. The van der Waals surface area contributed by atoms with Crippen molar-refractivity contribution in [2.24, 2.45) is 5.92 Å². The predicted octanol–water partition coefficient (Wildman–Crippen LogP) is 4.42. The number of rotatable bonds is 1.